The number of ether oxygens (including phenoxy) is 1. The van der Waals surface area contributed by atoms with Crippen molar-refractivity contribution in [1.29, 1.82) is 0 Å². The molecule has 2 aliphatic heterocycles. The van der Waals surface area contributed by atoms with Gasteiger partial charge in [0, 0.05) is 19.6 Å². The van der Waals surface area contributed by atoms with Crippen molar-refractivity contribution in [2.75, 3.05) is 51.3 Å². The maximum Gasteiger partial charge on any atom is 0.241 e. The average molecular weight is 363 g/mol. The van der Waals surface area contributed by atoms with E-state index in [-0.39, 0.29) is 23.5 Å². The van der Waals surface area contributed by atoms with Gasteiger partial charge in [-0.05, 0) is 63.4 Å². The largest absolute Gasteiger partial charge is 0.379 e. The fourth-order valence-corrected chi connectivity index (χ4v) is 3.80. The molecule has 0 aromatic heterocycles. The summed E-state index contributed by atoms with van der Waals surface area (Å²) in [5.41, 5.74) is 1.10. The summed E-state index contributed by atoms with van der Waals surface area (Å²) in [6, 6.07) is 4.63. The number of carbonyl (C=O) groups excluding carboxylic acids is 1. The maximum absolute atomic E-state index is 13.9. The summed E-state index contributed by atoms with van der Waals surface area (Å²) in [4.78, 5) is 17.2. The molecule has 1 N–H and O–H groups in total. The zero-order chi connectivity index (χ0) is 18.5. The van der Waals surface area contributed by atoms with Crippen LogP contribution >= 0.6 is 0 Å². The van der Waals surface area contributed by atoms with Gasteiger partial charge in [-0.1, -0.05) is 6.07 Å². The first kappa shape index (κ1) is 19.3. The van der Waals surface area contributed by atoms with Crippen molar-refractivity contribution in [3.8, 4) is 0 Å². The van der Waals surface area contributed by atoms with Crippen LogP contribution < -0.4 is 5.32 Å². The van der Waals surface area contributed by atoms with E-state index in [0.717, 1.165) is 64.3 Å². The first-order chi connectivity index (χ1) is 12.5. The molecule has 1 aromatic carbocycles. The molecule has 144 valence electrons. The van der Waals surface area contributed by atoms with Crippen LogP contribution in [0.3, 0.4) is 0 Å². The lowest BCUT2D eigenvalue weighted by molar-refractivity contribution is -0.121. The van der Waals surface area contributed by atoms with E-state index in [1.807, 2.05) is 13.8 Å². The molecule has 2 saturated heterocycles. The van der Waals surface area contributed by atoms with E-state index in [1.165, 1.54) is 6.07 Å². The second-order valence-corrected chi connectivity index (χ2v) is 7.54. The number of amides is 1. The molecule has 0 aliphatic carbocycles. The van der Waals surface area contributed by atoms with Crippen LogP contribution in [0.1, 0.15) is 25.3 Å². The highest BCUT2D eigenvalue weighted by Gasteiger charge is 2.28. The van der Waals surface area contributed by atoms with Crippen molar-refractivity contribution in [2.24, 2.45) is 5.92 Å². The van der Waals surface area contributed by atoms with Crippen LogP contribution in [-0.2, 0) is 9.53 Å². The van der Waals surface area contributed by atoms with E-state index in [2.05, 4.69) is 15.1 Å². The lowest BCUT2D eigenvalue weighted by Gasteiger charge is -2.38. The third-order valence-corrected chi connectivity index (χ3v) is 5.58. The molecule has 2 heterocycles. The smallest absolute Gasteiger partial charge is 0.241 e. The number of nitrogens with one attached hydrogen (secondary N) is 1. The quantitative estimate of drug-likeness (QED) is 0.873. The van der Waals surface area contributed by atoms with Gasteiger partial charge >= 0.3 is 0 Å². The van der Waals surface area contributed by atoms with Crippen LogP contribution in [0.25, 0.3) is 0 Å². The first-order valence-electron chi connectivity index (χ1n) is 9.64. The Morgan fingerprint density at radius 1 is 1.27 bits per heavy atom. The number of morpholine rings is 1. The number of nitrogens with zero attached hydrogens (tertiary/aromatic N) is 2. The molecule has 1 amide bonds. The Balaban J connectivity index is 1.46. The fraction of sp³-hybridized carbons (Fsp3) is 0.650. The number of halogens is 1. The van der Waals surface area contributed by atoms with Crippen LogP contribution in [0, 0.1) is 18.7 Å². The molecule has 3 rings (SSSR count). The number of hydrogen-bond acceptors (Lipinski definition) is 4. The highest BCUT2D eigenvalue weighted by atomic mass is 19.1. The van der Waals surface area contributed by atoms with Crippen molar-refractivity contribution >= 4 is 11.6 Å². The van der Waals surface area contributed by atoms with E-state index >= 15 is 0 Å². The van der Waals surface area contributed by atoms with Gasteiger partial charge in [0.25, 0.3) is 0 Å². The van der Waals surface area contributed by atoms with E-state index in [9.17, 15) is 9.18 Å². The summed E-state index contributed by atoms with van der Waals surface area (Å²) in [5.74, 6) is 0.170. The minimum Gasteiger partial charge on any atom is -0.379 e. The maximum atomic E-state index is 13.9. The van der Waals surface area contributed by atoms with Gasteiger partial charge in [-0.25, -0.2) is 4.39 Å². The monoisotopic (exact) mass is 363 g/mol. The zero-order valence-electron chi connectivity index (χ0n) is 15.8. The topological polar surface area (TPSA) is 44.8 Å². The minimum atomic E-state index is -0.380. The molecule has 5 nitrogen and oxygen atoms in total. The van der Waals surface area contributed by atoms with Gasteiger partial charge in [0.1, 0.15) is 5.82 Å². The van der Waals surface area contributed by atoms with Crippen LogP contribution in [0.2, 0.25) is 0 Å². The predicted octanol–water partition coefficient (Wildman–Crippen LogP) is 2.51. The lowest BCUT2D eigenvalue weighted by Crippen LogP contribution is -2.48. The van der Waals surface area contributed by atoms with E-state index in [1.54, 1.807) is 12.1 Å². The summed E-state index contributed by atoms with van der Waals surface area (Å²) < 4.78 is 19.4. The van der Waals surface area contributed by atoms with Gasteiger partial charge in [-0.2, -0.15) is 0 Å². The number of piperidine rings is 1. The Bertz CT molecular complexity index is 611. The van der Waals surface area contributed by atoms with Gasteiger partial charge in [0.05, 0.1) is 24.9 Å². The number of carbonyl (C=O) groups is 1. The molecule has 0 bridgehead atoms. The second kappa shape index (κ2) is 8.93. The molecule has 0 spiro atoms. The van der Waals surface area contributed by atoms with Crippen molar-refractivity contribution in [1.82, 2.24) is 9.80 Å². The van der Waals surface area contributed by atoms with Crippen LogP contribution in [0.4, 0.5) is 10.1 Å². The number of hydrogen-bond donors (Lipinski definition) is 1. The first-order valence-corrected chi connectivity index (χ1v) is 9.64. The lowest BCUT2D eigenvalue weighted by atomic mass is 9.95. The van der Waals surface area contributed by atoms with Crippen molar-refractivity contribution in [2.45, 2.75) is 32.7 Å². The summed E-state index contributed by atoms with van der Waals surface area (Å²) in [6.45, 7) is 10.4. The van der Waals surface area contributed by atoms with E-state index in [4.69, 9.17) is 4.74 Å². The molecule has 1 aromatic rings. The van der Waals surface area contributed by atoms with Crippen molar-refractivity contribution in [3.05, 3.63) is 29.6 Å². The summed E-state index contributed by atoms with van der Waals surface area (Å²) >= 11 is 0. The summed E-state index contributed by atoms with van der Waals surface area (Å²) in [7, 11) is 0. The third kappa shape index (κ3) is 5.02. The van der Waals surface area contributed by atoms with Crippen molar-refractivity contribution < 1.29 is 13.9 Å². The molecule has 0 radical (unpaired) electrons. The normalized spacial score (nSPS) is 21.5. The van der Waals surface area contributed by atoms with Gasteiger partial charge in [-0.15, -0.1) is 0 Å². The standard InChI is InChI=1S/C20H30FN3O2/c1-15-3-4-19(18(21)13-15)22-20(25)16(2)24-7-5-17(6-8-24)14-23-9-11-26-12-10-23/h3-4,13,16-17H,5-12,14H2,1-2H3,(H,22,25). The molecule has 2 fully saturated rings. The zero-order valence-corrected chi connectivity index (χ0v) is 15.8. The average Bonchev–Trinajstić information content (AvgIpc) is 2.65. The Morgan fingerprint density at radius 3 is 2.62 bits per heavy atom. The highest BCUT2D eigenvalue weighted by Crippen LogP contribution is 2.22. The Kier molecular flexibility index (Phi) is 6.62. The highest BCUT2D eigenvalue weighted by molar-refractivity contribution is 5.94. The van der Waals surface area contributed by atoms with Gasteiger partial charge in [0.15, 0.2) is 0 Å². The van der Waals surface area contributed by atoms with Crippen LogP contribution in [0.5, 0.6) is 0 Å². The third-order valence-electron chi connectivity index (χ3n) is 5.58. The minimum absolute atomic E-state index is 0.139. The molecule has 0 saturated carbocycles. The predicted molar refractivity (Wildman–Crippen MR) is 101 cm³/mol. The molecule has 26 heavy (non-hydrogen) atoms. The Labute approximate surface area is 155 Å². The molecule has 1 atom stereocenters. The van der Waals surface area contributed by atoms with E-state index < -0.39 is 0 Å². The Morgan fingerprint density at radius 2 is 1.96 bits per heavy atom. The van der Waals surface area contributed by atoms with Gasteiger partial charge in [0.2, 0.25) is 5.91 Å². The van der Waals surface area contributed by atoms with Gasteiger partial charge in [-0.3, -0.25) is 14.6 Å². The number of aryl methyl sites for hydroxylation is 1. The fourth-order valence-electron chi connectivity index (χ4n) is 3.80. The SMILES string of the molecule is Cc1ccc(NC(=O)C(C)N2CCC(CN3CCOCC3)CC2)c(F)c1. The molecule has 2 aliphatic rings. The number of benzene rings is 1. The van der Waals surface area contributed by atoms with Crippen molar-refractivity contribution in [3.63, 3.8) is 0 Å². The van der Waals surface area contributed by atoms with E-state index in [0.29, 0.717) is 5.92 Å². The second-order valence-electron chi connectivity index (χ2n) is 7.54. The van der Waals surface area contributed by atoms with Crippen LogP contribution in [-0.4, -0.2) is 67.7 Å². The summed E-state index contributed by atoms with van der Waals surface area (Å²) in [6.07, 6.45) is 2.21. The number of rotatable bonds is 5. The Hall–Kier alpha value is -1.50. The molecule has 6 heteroatoms. The molecular weight excluding hydrogens is 333 g/mol. The number of likely N-dealkylation sites (tertiary alicyclic amines) is 1. The molecular formula is C20H30FN3O2. The number of anilines is 1. The van der Waals surface area contributed by atoms with Crippen LogP contribution in [0.15, 0.2) is 18.2 Å². The molecule has 1 unspecified atom stereocenters. The van der Waals surface area contributed by atoms with Gasteiger partial charge < -0.3 is 10.1 Å². The summed E-state index contributed by atoms with van der Waals surface area (Å²) in [5, 5.41) is 2.73.